The lowest BCUT2D eigenvalue weighted by molar-refractivity contribution is -0.161. The monoisotopic (exact) mass is 386 g/mol. The summed E-state index contributed by atoms with van der Waals surface area (Å²) in [4.78, 5) is 39.3. The smallest absolute Gasteiger partial charge is 0.410 e. The van der Waals surface area contributed by atoms with Crippen molar-refractivity contribution < 1.29 is 28.6 Å². The Balaban J connectivity index is 2.30. The molecule has 0 aromatic rings. The fourth-order valence-electron chi connectivity index (χ4n) is 2.35. The molecule has 0 aliphatic carbocycles. The first-order valence-corrected chi connectivity index (χ1v) is 9.53. The molecule has 0 bridgehead atoms. The minimum absolute atomic E-state index is 0.276. The van der Waals surface area contributed by atoms with Gasteiger partial charge in [0.2, 0.25) is 0 Å². The van der Waals surface area contributed by atoms with Crippen LogP contribution in [0.3, 0.4) is 0 Å². The Hall–Kier alpha value is -1.83. The van der Waals surface area contributed by atoms with Crippen LogP contribution in [0.1, 0.15) is 48.0 Å². The lowest BCUT2D eigenvalue weighted by atomic mass is 10.1. The van der Waals surface area contributed by atoms with Crippen molar-refractivity contribution in [2.75, 3.05) is 39.4 Å². The summed E-state index contributed by atoms with van der Waals surface area (Å²) in [6.07, 6.45) is -0.215. The molecule has 2 amide bonds. The standard InChI is InChI=1S/C19H34N2O6/c1-14(2)7-12-25-15(3)17(23)26-13-16(22)20-8-10-21(11-9-20)18(24)27-19(4,5)6/h14-15H,7-13H2,1-6H3. The van der Waals surface area contributed by atoms with Gasteiger partial charge in [-0.1, -0.05) is 13.8 Å². The first kappa shape index (κ1) is 23.2. The second kappa shape index (κ2) is 10.5. The number of piperazine rings is 1. The highest BCUT2D eigenvalue weighted by molar-refractivity contribution is 5.82. The zero-order valence-electron chi connectivity index (χ0n) is 17.4. The van der Waals surface area contributed by atoms with Crippen molar-refractivity contribution >= 4 is 18.0 Å². The van der Waals surface area contributed by atoms with Crippen LogP contribution in [-0.2, 0) is 23.8 Å². The van der Waals surface area contributed by atoms with Gasteiger partial charge in [0, 0.05) is 32.8 Å². The second-order valence-electron chi connectivity index (χ2n) is 8.15. The van der Waals surface area contributed by atoms with E-state index in [4.69, 9.17) is 14.2 Å². The maximum absolute atomic E-state index is 12.2. The summed E-state index contributed by atoms with van der Waals surface area (Å²) in [7, 11) is 0. The Morgan fingerprint density at radius 2 is 1.52 bits per heavy atom. The second-order valence-corrected chi connectivity index (χ2v) is 8.15. The molecule has 1 aliphatic rings. The zero-order valence-corrected chi connectivity index (χ0v) is 17.4. The largest absolute Gasteiger partial charge is 0.454 e. The third kappa shape index (κ3) is 9.08. The molecule has 0 radical (unpaired) electrons. The first-order chi connectivity index (χ1) is 12.5. The number of carbonyl (C=O) groups excluding carboxylic acids is 3. The van der Waals surface area contributed by atoms with E-state index >= 15 is 0 Å². The molecule has 0 N–H and O–H groups in total. The summed E-state index contributed by atoms with van der Waals surface area (Å²) in [6.45, 7) is 12.9. The molecule has 1 atom stereocenters. The van der Waals surface area contributed by atoms with Gasteiger partial charge in [0.05, 0.1) is 0 Å². The third-order valence-electron chi connectivity index (χ3n) is 4.02. The molecule has 0 spiro atoms. The molecule has 8 nitrogen and oxygen atoms in total. The van der Waals surface area contributed by atoms with Gasteiger partial charge in [-0.05, 0) is 40.0 Å². The lowest BCUT2D eigenvalue weighted by Crippen LogP contribution is -2.52. The zero-order chi connectivity index (χ0) is 20.6. The van der Waals surface area contributed by atoms with E-state index in [1.165, 1.54) is 0 Å². The summed E-state index contributed by atoms with van der Waals surface area (Å²) in [5.41, 5.74) is -0.549. The molecule has 1 fully saturated rings. The Kier molecular flexibility index (Phi) is 9.02. The SMILES string of the molecule is CC(C)CCOC(C)C(=O)OCC(=O)N1CCN(C(=O)OC(C)(C)C)CC1. The van der Waals surface area contributed by atoms with Crippen LogP contribution in [-0.4, -0.2) is 78.9 Å². The Morgan fingerprint density at radius 1 is 0.963 bits per heavy atom. The fourth-order valence-corrected chi connectivity index (χ4v) is 2.35. The van der Waals surface area contributed by atoms with Gasteiger partial charge in [0.1, 0.15) is 5.60 Å². The van der Waals surface area contributed by atoms with Gasteiger partial charge in [0.15, 0.2) is 12.7 Å². The summed E-state index contributed by atoms with van der Waals surface area (Å²) < 4.78 is 15.8. The maximum atomic E-state index is 12.2. The van der Waals surface area contributed by atoms with E-state index in [0.717, 1.165) is 6.42 Å². The topological polar surface area (TPSA) is 85.4 Å². The van der Waals surface area contributed by atoms with Gasteiger partial charge in [-0.15, -0.1) is 0 Å². The molecule has 156 valence electrons. The van der Waals surface area contributed by atoms with E-state index in [-0.39, 0.29) is 18.6 Å². The number of ether oxygens (including phenoxy) is 3. The predicted molar refractivity (Wildman–Crippen MR) is 100 cm³/mol. The molecule has 0 saturated carbocycles. The van der Waals surface area contributed by atoms with E-state index in [2.05, 4.69) is 13.8 Å². The first-order valence-electron chi connectivity index (χ1n) is 9.53. The molecule has 27 heavy (non-hydrogen) atoms. The molecule has 1 heterocycles. The van der Waals surface area contributed by atoms with Crippen molar-refractivity contribution in [2.24, 2.45) is 5.92 Å². The molecule has 1 rings (SSSR count). The number of carbonyl (C=O) groups is 3. The molecular formula is C19H34N2O6. The summed E-state index contributed by atoms with van der Waals surface area (Å²) in [5.74, 6) is -0.324. The van der Waals surface area contributed by atoms with Crippen LogP contribution in [0.4, 0.5) is 4.79 Å². The van der Waals surface area contributed by atoms with E-state index < -0.39 is 17.7 Å². The van der Waals surface area contributed by atoms with E-state index in [1.807, 2.05) is 20.8 Å². The average molecular weight is 386 g/mol. The summed E-state index contributed by atoms with van der Waals surface area (Å²) in [6, 6.07) is 0. The average Bonchev–Trinajstić information content (AvgIpc) is 2.57. The van der Waals surface area contributed by atoms with Crippen LogP contribution in [0.5, 0.6) is 0 Å². The Labute approximate surface area is 162 Å². The van der Waals surface area contributed by atoms with Crippen LogP contribution in [0, 0.1) is 5.92 Å². The molecule has 8 heteroatoms. The van der Waals surface area contributed by atoms with Crippen molar-refractivity contribution in [3.8, 4) is 0 Å². The van der Waals surface area contributed by atoms with E-state index in [0.29, 0.717) is 38.7 Å². The predicted octanol–water partition coefficient (Wildman–Crippen LogP) is 2.06. The molecule has 0 aromatic heterocycles. The minimum Gasteiger partial charge on any atom is -0.454 e. The number of rotatable bonds is 7. The minimum atomic E-state index is -0.694. The number of hydrogen-bond acceptors (Lipinski definition) is 6. The van der Waals surface area contributed by atoms with Crippen molar-refractivity contribution in [3.63, 3.8) is 0 Å². The normalized spacial score (nSPS) is 16.3. The number of amides is 2. The van der Waals surface area contributed by atoms with Crippen molar-refractivity contribution in [3.05, 3.63) is 0 Å². The van der Waals surface area contributed by atoms with E-state index in [1.54, 1.807) is 16.7 Å². The highest BCUT2D eigenvalue weighted by Gasteiger charge is 2.28. The highest BCUT2D eigenvalue weighted by atomic mass is 16.6. The molecular weight excluding hydrogens is 352 g/mol. The van der Waals surface area contributed by atoms with Crippen LogP contribution < -0.4 is 0 Å². The van der Waals surface area contributed by atoms with Crippen LogP contribution in [0.2, 0.25) is 0 Å². The van der Waals surface area contributed by atoms with E-state index in [9.17, 15) is 14.4 Å². The number of hydrogen-bond donors (Lipinski definition) is 0. The molecule has 1 aliphatic heterocycles. The Morgan fingerprint density at radius 3 is 2.04 bits per heavy atom. The van der Waals surface area contributed by atoms with Crippen LogP contribution >= 0.6 is 0 Å². The van der Waals surface area contributed by atoms with Gasteiger partial charge in [-0.3, -0.25) is 4.79 Å². The molecule has 1 unspecified atom stereocenters. The number of esters is 1. The van der Waals surface area contributed by atoms with Crippen molar-refractivity contribution in [1.29, 1.82) is 0 Å². The third-order valence-corrected chi connectivity index (χ3v) is 4.02. The fraction of sp³-hybridized carbons (Fsp3) is 0.842. The van der Waals surface area contributed by atoms with Gasteiger partial charge < -0.3 is 24.0 Å². The van der Waals surface area contributed by atoms with Crippen molar-refractivity contribution in [2.45, 2.75) is 59.7 Å². The number of nitrogens with zero attached hydrogens (tertiary/aromatic N) is 2. The molecule has 0 aromatic carbocycles. The maximum Gasteiger partial charge on any atom is 0.410 e. The quantitative estimate of drug-likeness (QED) is 0.623. The van der Waals surface area contributed by atoms with Gasteiger partial charge in [-0.25, -0.2) is 9.59 Å². The van der Waals surface area contributed by atoms with Crippen LogP contribution in [0.15, 0.2) is 0 Å². The van der Waals surface area contributed by atoms with Gasteiger partial charge in [-0.2, -0.15) is 0 Å². The van der Waals surface area contributed by atoms with Gasteiger partial charge >= 0.3 is 12.1 Å². The summed E-state index contributed by atoms with van der Waals surface area (Å²) >= 11 is 0. The Bertz CT molecular complexity index is 507. The lowest BCUT2D eigenvalue weighted by Gasteiger charge is -2.35. The van der Waals surface area contributed by atoms with Gasteiger partial charge in [0.25, 0.3) is 5.91 Å². The summed E-state index contributed by atoms with van der Waals surface area (Å²) in [5, 5.41) is 0. The van der Waals surface area contributed by atoms with Crippen molar-refractivity contribution in [1.82, 2.24) is 9.80 Å². The highest BCUT2D eigenvalue weighted by Crippen LogP contribution is 2.12. The van der Waals surface area contributed by atoms with Crippen LogP contribution in [0.25, 0.3) is 0 Å². The molecule has 1 saturated heterocycles.